The van der Waals surface area contributed by atoms with E-state index in [4.69, 9.17) is 5.84 Å². The number of cyclic esters (lactones) is 1. The van der Waals surface area contributed by atoms with Crippen molar-refractivity contribution < 1.29 is 9.53 Å². The number of rotatable bonds is 0. The molecule has 52 valence electrons. The van der Waals surface area contributed by atoms with Gasteiger partial charge in [0.05, 0.1) is 6.61 Å². The second-order valence-corrected chi connectivity index (χ2v) is 3.18. The van der Waals surface area contributed by atoms with Gasteiger partial charge in [0.1, 0.15) is 4.05 Å². The van der Waals surface area contributed by atoms with Crippen molar-refractivity contribution >= 4 is 28.7 Å². The van der Waals surface area contributed by atoms with Crippen molar-refractivity contribution in [2.75, 3.05) is 6.61 Å². The van der Waals surface area contributed by atoms with Crippen molar-refractivity contribution in [2.24, 2.45) is 5.84 Å². The van der Waals surface area contributed by atoms with Crippen molar-refractivity contribution in [1.29, 1.82) is 0 Å². The molecule has 0 aromatic rings. The van der Waals surface area contributed by atoms with Crippen molar-refractivity contribution in [3.05, 3.63) is 0 Å². The summed E-state index contributed by atoms with van der Waals surface area (Å²) >= 11 is 2.10. The van der Waals surface area contributed by atoms with Crippen LogP contribution in [-0.2, 0) is 4.74 Å². The molecule has 1 unspecified atom stereocenters. The van der Waals surface area contributed by atoms with E-state index in [1.54, 1.807) is 0 Å². The first-order chi connectivity index (χ1) is 4.22. The second-order valence-electron chi connectivity index (χ2n) is 1.74. The summed E-state index contributed by atoms with van der Waals surface area (Å²) in [6.45, 7) is 0.486. The Bertz CT molecular complexity index is 130. The topological polar surface area (TPSA) is 55.6 Å². The average Bonchev–Trinajstić information content (AvgIpc) is 1.83. The highest BCUT2D eigenvalue weighted by molar-refractivity contribution is 14.1. The maximum absolute atomic E-state index is 10.6. The normalized spacial score (nSPS) is 28.0. The summed E-state index contributed by atoms with van der Waals surface area (Å²) in [6.07, 6.45) is 0.378. The molecule has 1 fully saturated rings. The number of hydrogen-bond donors (Lipinski definition) is 1. The highest BCUT2D eigenvalue weighted by Gasteiger charge is 2.23. The summed E-state index contributed by atoms with van der Waals surface area (Å²) in [4.78, 5) is 10.6. The number of hydrazine groups is 1. The Labute approximate surface area is 66.4 Å². The van der Waals surface area contributed by atoms with Crippen molar-refractivity contribution in [1.82, 2.24) is 5.01 Å². The number of ether oxygens (including phenoxy) is 1. The Morgan fingerprint density at radius 1 is 1.89 bits per heavy atom. The van der Waals surface area contributed by atoms with E-state index in [1.807, 2.05) is 0 Å². The molecule has 0 saturated carbocycles. The summed E-state index contributed by atoms with van der Waals surface area (Å²) in [5.74, 6) is 5.27. The lowest BCUT2D eigenvalue weighted by molar-refractivity contribution is 0.0688. The Kier molecular flexibility index (Phi) is 2.12. The highest BCUT2D eigenvalue weighted by atomic mass is 127. The third-order valence-electron chi connectivity index (χ3n) is 1.09. The number of nitrogens with zero attached hydrogens (tertiary/aromatic N) is 1. The predicted molar refractivity (Wildman–Crippen MR) is 39.8 cm³/mol. The zero-order valence-corrected chi connectivity index (χ0v) is 6.87. The molecule has 0 bridgehead atoms. The van der Waals surface area contributed by atoms with Crippen LogP contribution in [0, 0.1) is 0 Å². The van der Waals surface area contributed by atoms with E-state index < -0.39 is 6.09 Å². The van der Waals surface area contributed by atoms with E-state index in [-0.39, 0.29) is 4.05 Å². The van der Waals surface area contributed by atoms with E-state index in [0.717, 1.165) is 11.4 Å². The number of amides is 1. The largest absolute Gasteiger partial charge is 0.448 e. The Balaban J connectivity index is 2.51. The fraction of sp³-hybridized carbons (Fsp3) is 0.750. The van der Waals surface area contributed by atoms with Gasteiger partial charge >= 0.3 is 6.09 Å². The molecule has 0 aromatic heterocycles. The van der Waals surface area contributed by atoms with Crippen LogP contribution in [0.3, 0.4) is 0 Å². The highest BCUT2D eigenvalue weighted by Crippen LogP contribution is 2.14. The number of alkyl halides is 1. The summed E-state index contributed by atoms with van der Waals surface area (Å²) in [6, 6.07) is 0. The molecule has 4 nitrogen and oxygen atoms in total. The number of nitrogens with two attached hydrogens (primary N) is 1. The zero-order valence-electron chi connectivity index (χ0n) is 4.71. The van der Waals surface area contributed by atoms with Gasteiger partial charge in [0, 0.05) is 6.42 Å². The van der Waals surface area contributed by atoms with Gasteiger partial charge in [0.25, 0.3) is 0 Å². The van der Waals surface area contributed by atoms with Gasteiger partial charge < -0.3 is 4.74 Å². The minimum Gasteiger partial charge on any atom is -0.448 e. The standard InChI is InChI=1S/C4H7IN2O2/c5-3-1-2-9-4(8)7(3)6/h3H,1-2,6H2. The first-order valence-electron chi connectivity index (χ1n) is 2.56. The molecule has 0 spiro atoms. The first-order valence-corrected chi connectivity index (χ1v) is 3.81. The second kappa shape index (κ2) is 2.70. The maximum atomic E-state index is 10.6. The lowest BCUT2D eigenvalue weighted by Gasteiger charge is -2.26. The van der Waals surface area contributed by atoms with Gasteiger partial charge in [0.15, 0.2) is 0 Å². The molecule has 0 aromatic carbocycles. The zero-order chi connectivity index (χ0) is 6.85. The molecule has 1 rings (SSSR count). The van der Waals surface area contributed by atoms with Gasteiger partial charge in [-0.15, -0.1) is 0 Å². The van der Waals surface area contributed by atoms with Gasteiger partial charge in [-0.05, 0) is 0 Å². The van der Waals surface area contributed by atoms with Crippen LogP contribution in [0.25, 0.3) is 0 Å². The number of hydrogen-bond acceptors (Lipinski definition) is 3. The molecule has 1 heterocycles. The third-order valence-corrected chi connectivity index (χ3v) is 2.32. The van der Waals surface area contributed by atoms with Crippen molar-refractivity contribution in [2.45, 2.75) is 10.5 Å². The van der Waals surface area contributed by atoms with Gasteiger partial charge in [-0.1, -0.05) is 22.6 Å². The van der Waals surface area contributed by atoms with Crippen LogP contribution in [0.4, 0.5) is 4.79 Å². The predicted octanol–water partition coefficient (Wildman–Crippen LogP) is 0.464. The van der Waals surface area contributed by atoms with E-state index in [9.17, 15) is 4.79 Å². The lowest BCUT2D eigenvalue weighted by atomic mass is 10.4. The minimum atomic E-state index is -0.430. The first kappa shape index (κ1) is 7.07. The molecule has 1 amide bonds. The molecular weight excluding hydrogens is 235 g/mol. The van der Waals surface area contributed by atoms with Gasteiger partial charge in [-0.3, -0.25) is 0 Å². The number of halogens is 1. The minimum absolute atomic E-state index is 0.0869. The summed E-state index contributed by atoms with van der Waals surface area (Å²) in [5, 5.41) is 1.10. The van der Waals surface area contributed by atoms with Crippen LogP contribution in [0.2, 0.25) is 0 Å². The lowest BCUT2D eigenvalue weighted by Crippen LogP contribution is -2.47. The third kappa shape index (κ3) is 1.45. The van der Waals surface area contributed by atoms with E-state index >= 15 is 0 Å². The van der Waals surface area contributed by atoms with E-state index in [2.05, 4.69) is 27.3 Å². The van der Waals surface area contributed by atoms with Crippen molar-refractivity contribution in [3.63, 3.8) is 0 Å². The van der Waals surface area contributed by atoms with E-state index in [0.29, 0.717) is 6.61 Å². The number of carbonyl (C=O) groups is 1. The average molecular weight is 242 g/mol. The van der Waals surface area contributed by atoms with E-state index in [1.165, 1.54) is 0 Å². The smallest absolute Gasteiger partial charge is 0.425 e. The molecule has 1 atom stereocenters. The molecule has 1 saturated heterocycles. The summed E-state index contributed by atoms with van der Waals surface area (Å²) in [5.41, 5.74) is 0. The molecular formula is C4H7IN2O2. The van der Waals surface area contributed by atoms with Crippen LogP contribution in [0.1, 0.15) is 6.42 Å². The van der Waals surface area contributed by atoms with Crippen LogP contribution in [0.15, 0.2) is 0 Å². The molecule has 2 N–H and O–H groups in total. The summed E-state index contributed by atoms with van der Waals surface area (Å²) in [7, 11) is 0. The molecule has 9 heavy (non-hydrogen) atoms. The van der Waals surface area contributed by atoms with Crippen LogP contribution in [-0.4, -0.2) is 21.8 Å². The fourth-order valence-electron chi connectivity index (χ4n) is 0.571. The number of carbonyl (C=O) groups excluding carboxylic acids is 1. The molecule has 5 heteroatoms. The van der Waals surface area contributed by atoms with Crippen LogP contribution in [0.5, 0.6) is 0 Å². The Morgan fingerprint density at radius 3 is 3.00 bits per heavy atom. The van der Waals surface area contributed by atoms with Gasteiger partial charge in [-0.25, -0.2) is 15.6 Å². The van der Waals surface area contributed by atoms with Gasteiger partial charge in [0.2, 0.25) is 0 Å². The molecule has 1 aliphatic heterocycles. The Hall–Kier alpha value is -0.0400. The van der Waals surface area contributed by atoms with Crippen LogP contribution >= 0.6 is 22.6 Å². The maximum Gasteiger partial charge on any atom is 0.425 e. The fourth-order valence-corrected chi connectivity index (χ4v) is 1.05. The molecule has 0 aliphatic carbocycles. The molecule has 0 radical (unpaired) electrons. The SMILES string of the molecule is NN1C(=O)OCCC1I. The quantitative estimate of drug-likeness (QED) is 0.221. The monoisotopic (exact) mass is 242 g/mol. The van der Waals surface area contributed by atoms with Crippen molar-refractivity contribution in [3.8, 4) is 0 Å². The molecule has 1 aliphatic rings. The Morgan fingerprint density at radius 2 is 2.56 bits per heavy atom. The van der Waals surface area contributed by atoms with Crippen LogP contribution < -0.4 is 5.84 Å². The summed E-state index contributed by atoms with van der Waals surface area (Å²) < 4.78 is 4.70. The van der Waals surface area contributed by atoms with Gasteiger partial charge in [-0.2, -0.15) is 0 Å².